The smallest absolute Gasteiger partial charge is 0.363 e. The number of thiophene rings is 1. The zero-order chi connectivity index (χ0) is 21.6. The van der Waals surface area contributed by atoms with E-state index < -0.39 is 53.0 Å². The average Bonchev–Trinajstić information content (AvgIpc) is 3.14. The number of halogens is 6. The number of nitrogens with one attached hydrogen (secondary N) is 2. The van der Waals surface area contributed by atoms with Crippen LogP contribution < -0.4 is 10.6 Å². The maximum atomic E-state index is 13.7. The minimum Gasteiger partial charge on any atom is -0.363 e. The fourth-order valence-corrected chi connectivity index (χ4v) is 3.80. The Hall–Kier alpha value is -2.60. The van der Waals surface area contributed by atoms with Crippen molar-refractivity contribution in [3.8, 4) is 0 Å². The van der Waals surface area contributed by atoms with Gasteiger partial charge in [0.15, 0.2) is 5.78 Å². The molecule has 0 unspecified atom stereocenters. The highest BCUT2D eigenvalue weighted by Crippen LogP contribution is 2.45. The minimum atomic E-state index is -5.48. The van der Waals surface area contributed by atoms with Crippen LogP contribution in [0.3, 0.4) is 0 Å². The first-order valence-corrected chi connectivity index (χ1v) is 8.85. The Morgan fingerprint density at radius 2 is 1.79 bits per heavy atom. The maximum Gasteiger partial charge on any atom is 0.437 e. The van der Waals surface area contributed by atoms with E-state index in [9.17, 15) is 41.0 Å². The summed E-state index contributed by atoms with van der Waals surface area (Å²) in [7, 11) is 0. The predicted molar refractivity (Wildman–Crippen MR) is 89.0 cm³/mol. The molecule has 0 saturated carbocycles. The molecule has 0 bridgehead atoms. The Morgan fingerprint density at radius 1 is 1.10 bits per heavy atom. The summed E-state index contributed by atoms with van der Waals surface area (Å²) in [5.74, 6) is -3.56. The number of hydrogen-bond acceptors (Lipinski definition) is 4. The van der Waals surface area contributed by atoms with E-state index in [2.05, 4.69) is 0 Å². The number of aliphatic hydroxyl groups is 1. The Kier molecular flexibility index (Phi) is 5.11. The third kappa shape index (κ3) is 3.81. The second-order valence-electron chi connectivity index (χ2n) is 6.28. The molecule has 1 saturated heterocycles. The molecule has 1 aliphatic heterocycles. The highest BCUT2D eigenvalue weighted by Gasteiger charge is 2.66. The van der Waals surface area contributed by atoms with E-state index in [0.717, 1.165) is 23.5 Å². The molecule has 3 rings (SSSR count). The van der Waals surface area contributed by atoms with Crippen molar-refractivity contribution in [3.05, 3.63) is 57.8 Å². The molecule has 0 spiro atoms. The van der Waals surface area contributed by atoms with Gasteiger partial charge in [0.1, 0.15) is 5.92 Å². The lowest BCUT2D eigenvalue weighted by Crippen LogP contribution is -2.72. The predicted octanol–water partition coefficient (Wildman–Crippen LogP) is 3.87. The van der Waals surface area contributed by atoms with E-state index in [1.807, 2.05) is 5.32 Å². The standard InChI is InChI=1S/C17H12F6N2O3S/c18-16(19,20)9-4-1-3-8(7-9)12-11(13(26)10-5-2-6-29-10)15(28,17(21,22)23)25-14(27)24-12/h1-7,11-12,28H,(H2,24,25,27)/t11-,12+,15-/m0/s1. The van der Waals surface area contributed by atoms with Gasteiger partial charge in [-0.25, -0.2) is 4.79 Å². The number of benzene rings is 1. The number of Topliss-reactive ketones (excluding diaryl/α,β-unsaturated/α-hetero) is 1. The van der Waals surface area contributed by atoms with E-state index in [4.69, 9.17) is 0 Å². The van der Waals surface area contributed by atoms with Gasteiger partial charge in [-0.2, -0.15) is 26.3 Å². The summed E-state index contributed by atoms with van der Waals surface area (Å²) >= 11 is 0.793. The molecule has 0 radical (unpaired) electrons. The van der Waals surface area contributed by atoms with E-state index in [0.29, 0.717) is 12.1 Å². The lowest BCUT2D eigenvalue weighted by atomic mass is 9.78. The van der Waals surface area contributed by atoms with Crippen molar-refractivity contribution in [2.24, 2.45) is 5.92 Å². The number of hydrogen-bond donors (Lipinski definition) is 3. The van der Waals surface area contributed by atoms with Crippen molar-refractivity contribution in [1.82, 2.24) is 10.6 Å². The van der Waals surface area contributed by atoms with Gasteiger partial charge >= 0.3 is 18.4 Å². The molecule has 12 heteroatoms. The molecular formula is C17H12F6N2O3S. The number of alkyl halides is 6. The van der Waals surface area contributed by atoms with Crippen LogP contribution in [0.5, 0.6) is 0 Å². The van der Waals surface area contributed by atoms with Gasteiger partial charge in [0.05, 0.1) is 16.5 Å². The Balaban J connectivity index is 2.17. The molecule has 1 fully saturated rings. The second kappa shape index (κ2) is 7.02. The summed E-state index contributed by atoms with van der Waals surface area (Å²) in [6, 6.07) is 2.44. The lowest BCUT2D eigenvalue weighted by molar-refractivity contribution is -0.287. The summed E-state index contributed by atoms with van der Waals surface area (Å²) in [5, 5.41) is 15.1. The number of rotatable bonds is 3. The zero-order valence-electron chi connectivity index (χ0n) is 14.1. The Bertz CT molecular complexity index is 928. The van der Waals surface area contributed by atoms with E-state index in [-0.39, 0.29) is 4.88 Å². The largest absolute Gasteiger partial charge is 0.437 e. The topological polar surface area (TPSA) is 78.4 Å². The van der Waals surface area contributed by atoms with Crippen LogP contribution in [0.15, 0.2) is 41.8 Å². The summed E-state index contributed by atoms with van der Waals surface area (Å²) in [4.78, 5) is 24.5. The first-order chi connectivity index (χ1) is 13.3. The quantitative estimate of drug-likeness (QED) is 0.503. The van der Waals surface area contributed by atoms with Crippen LogP contribution in [0, 0.1) is 5.92 Å². The molecule has 3 N–H and O–H groups in total. The van der Waals surface area contributed by atoms with Gasteiger partial charge in [0.2, 0.25) is 5.72 Å². The summed E-state index contributed by atoms with van der Waals surface area (Å²) in [6.45, 7) is 0. The van der Waals surface area contributed by atoms with Crippen LogP contribution in [0.1, 0.15) is 26.8 Å². The number of urea groups is 1. The maximum absolute atomic E-state index is 13.7. The number of carbonyl (C=O) groups excluding carboxylic acids is 2. The van der Waals surface area contributed by atoms with Gasteiger partial charge in [0, 0.05) is 0 Å². The Morgan fingerprint density at radius 3 is 2.34 bits per heavy atom. The highest BCUT2D eigenvalue weighted by molar-refractivity contribution is 7.12. The van der Waals surface area contributed by atoms with Gasteiger partial charge < -0.3 is 15.7 Å². The molecule has 1 aromatic carbocycles. The number of ketones is 1. The van der Waals surface area contributed by atoms with E-state index in [1.54, 1.807) is 0 Å². The third-order valence-electron chi connectivity index (χ3n) is 4.43. The van der Waals surface area contributed by atoms with Crippen molar-refractivity contribution >= 4 is 23.2 Å². The summed E-state index contributed by atoms with van der Waals surface area (Å²) in [6.07, 6.45) is -10.3. The van der Waals surface area contributed by atoms with Gasteiger partial charge in [-0.15, -0.1) is 11.3 Å². The van der Waals surface area contributed by atoms with E-state index in [1.165, 1.54) is 22.8 Å². The fraction of sp³-hybridized carbons (Fsp3) is 0.294. The van der Waals surface area contributed by atoms with Gasteiger partial charge in [-0.1, -0.05) is 18.2 Å². The van der Waals surface area contributed by atoms with Crippen LogP contribution in [0.2, 0.25) is 0 Å². The third-order valence-corrected chi connectivity index (χ3v) is 5.31. The van der Waals surface area contributed by atoms with E-state index >= 15 is 0 Å². The molecule has 2 amide bonds. The van der Waals surface area contributed by atoms with Gasteiger partial charge in [0.25, 0.3) is 0 Å². The lowest BCUT2D eigenvalue weighted by Gasteiger charge is -2.45. The SMILES string of the molecule is O=C1N[C@H](c2cccc(C(F)(F)F)c2)[C@@H](C(=O)c2cccs2)[C@](O)(C(F)(F)F)N1. The fourth-order valence-electron chi connectivity index (χ4n) is 3.10. The second-order valence-corrected chi connectivity index (χ2v) is 7.23. The molecule has 2 aromatic rings. The molecule has 29 heavy (non-hydrogen) atoms. The van der Waals surface area contributed by atoms with Crippen LogP contribution in [0.4, 0.5) is 31.1 Å². The highest BCUT2D eigenvalue weighted by atomic mass is 32.1. The van der Waals surface area contributed by atoms with Crippen LogP contribution in [0.25, 0.3) is 0 Å². The van der Waals surface area contributed by atoms with Gasteiger partial charge in [-0.05, 0) is 29.1 Å². The first kappa shape index (κ1) is 21.1. The normalized spacial score (nSPS) is 25.3. The molecule has 3 atom stereocenters. The van der Waals surface area contributed by atoms with Crippen molar-refractivity contribution in [1.29, 1.82) is 0 Å². The molecule has 156 valence electrons. The summed E-state index contributed by atoms with van der Waals surface area (Å²) in [5.41, 5.74) is -5.58. The van der Waals surface area contributed by atoms with Crippen LogP contribution in [-0.4, -0.2) is 28.8 Å². The average molecular weight is 438 g/mol. The molecule has 5 nitrogen and oxygen atoms in total. The first-order valence-electron chi connectivity index (χ1n) is 7.97. The van der Waals surface area contributed by atoms with Gasteiger partial charge in [-0.3, -0.25) is 4.79 Å². The molecule has 0 aliphatic carbocycles. The molecular weight excluding hydrogens is 426 g/mol. The van der Waals surface area contributed by atoms with Crippen LogP contribution in [-0.2, 0) is 6.18 Å². The molecule has 2 heterocycles. The number of amides is 2. The van der Waals surface area contributed by atoms with Crippen molar-refractivity contribution in [2.45, 2.75) is 24.1 Å². The number of carbonyl (C=O) groups is 2. The zero-order valence-corrected chi connectivity index (χ0v) is 15.0. The minimum absolute atomic E-state index is 0.160. The van der Waals surface area contributed by atoms with Crippen LogP contribution >= 0.6 is 11.3 Å². The summed E-state index contributed by atoms with van der Waals surface area (Å²) < 4.78 is 80.2. The van der Waals surface area contributed by atoms with Crippen molar-refractivity contribution in [2.75, 3.05) is 0 Å². The molecule has 1 aromatic heterocycles. The van der Waals surface area contributed by atoms with Crippen molar-refractivity contribution < 1.29 is 41.0 Å². The monoisotopic (exact) mass is 438 g/mol. The van der Waals surface area contributed by atoms with Crippen molar-refractivity contribution in [3.63, 3.8) is 0 Å². The Labute approximate surface area is 163 Å². The molecule has 1 aliphatic rings.